The molecule has 2 heterocycles. The maximum Gasteiger partial charge on any atom is 0.166 e. The molecule has 2 aliphatic rings. The molecule has 2 bridgehead atoms. The van der Waals surface area contributed by atoms with Crippen LogP contribution in [0.15, 0.2) is 24.3 Å². The molecule has 3 heteroatoms. The summed E-state index contributed by atoms with van der Waals surface area (Å²) >= 11 is 0. The molecule has 0 N–H and O–H groups in total. The number of hydrogen-bond acceptors (Lipinski definition) is 2. The lowest BCUT2D eigenvalue weighted by Gasteiger charge is -2.37. The monoisotopic (exact) mass is 304 g/mol. The van der Waals surface area contributed by atoms with Crippen molar-refractivity contribution < 1.29 is 9.00 Å². The maximum atomic E-state index is 12.8. The van der Waals surface area contributed by atoms with E-state index in [9.17, 15) is 9.00 Å². The number of benzene rings is 1. The lowest BCUT2D eigenvalue weighted by Crippen LogP contribution is -2.41. The fraction of sp³-hybridized carbons (Fsp3) is 0.611. The molecule has 0 radical (unpaired) electrons. The summed E-state index contributed by atoms with van der Waals surface area (Å²) in [5, 5.41) is 0.527. The van der Waals surface area contributed by atoms with Crippen molar-refractivity contribution in [2.75, 3.05) is 0 Å². The van der Waals surface area contributed by atoms with Crippen LogP contribution in [-0.4, -0.2) is 20.5 Å². The van der Waals surface area contributed by atoms with E-state index in [4.69, 9.17) is 0 Å². The van der Waals surface area contributed by atoms with Gasteiger partial charge in [0.15, 0.2) is 5.78 Å². The third kappa shape index (κ3) is 2.98. The van der Waals surface area contributed by atoms with Crippen LogP contribution in [-0.2, 0) is 10.8 Å². The molecule has 3 rings (SSSR count). The molecule has 0 saturated carbocycles. The average molecular weight is 304 g/mol. The van der Waals surface area contributed by atoms with Crippen LogP contribution >= 0.6 is 0 Å². The molecule has 0 spiro atoms. The Balaban J connectivity index is 1.79. The third-order valence-corrected chi connectivity index (χ3v) is 7.18. The van der Waals surface area contributed by atoms with Crippen molar-refractivity contribution in [2.45, 2.75) is 62.4 Å². The predicted octanol–water partition coefficient (Wildman–Crippen LogP) is 4.07. The first-order valence-electron chi connectivity index (χ1n) is 8.10. The number of carbonyl (C=O) groups excluding carboxylic acids is 1. The molecular weight excluding hydrogens is 280 g/mol. The van der Waals surface area contributed by atoms with Crippen molar-refractivity contribution in [3.05, 3.63) is 35.4 Å². The van der Waals surface area contributed by atoms with E-state index in [1.807, 2.05) is 18.2 Å². The first-order chi connectivity index (χ1) is 10.1. The van der Waals surface area contributed by atoms with Gasteiger partial charge in [0, 0.05) is 32.8 Å². The highest BCUT2D eigenvalue weighted by Gasteiger charge is 2.40. The van der Waals surface area contributed by atoms with E-state index in [1.54, 1.807) is 0 Å². The van der Waals surface area contributed by atoms with Crippen molar-refractivity contribution >= 4 is 16.6 Å². The highest BCUT2D eigenvalue weighted by atomic mass is 32.2. The summed E-state index contributed by atoms with van der Waals surface area (Å²) in [6, 6.07) is 8.07. The Morgan fingerprint density at radius 1 is 1.19 bits per heavy atom. The number of carbonyl (C=O) groups is 1. The van der Waals surface area contributed by atoms with Crippen LogP contribution in [0.3, 0.4) is 0 Å². The first kappa shape index (κ1) is 15.0. The summed E-state index contributed by atoms with van der Waals surface area (Å²) in [6.07, 6.45) is 4.92. The molecule has 1 aromatic carbocycles. The zero-order valence-electron chi connectivity index (χ0n) is 12.9. The van der Waals surface area contributed by atoms with Crippen LogP contribution in [0.2, 0.25) is 0 Å². The van der Waals surface area contributed by atoms with Gasteiger partial charge >= 0.3 is 0 Å². The van der Waals surface area contributed by atoms with Gasteiger partial charge in [0.1, 0.15) is 0 Å². The molecule has 114 valence electrons. The second kappa shape index (κ2) is 6.04. The van der Waals surface area contributed by atoms with E-state index in [0.29, 0.717) is 5.92 Å². The van der Waals surface area contributed by atoms with Crippen molar-refractivity contribution in [3.8, 4) is 0 Å². The zero-order valence-corrected chi connectivity index (χ0v) is 13.7. The van der Waals surface area contributed by atoms with Crippen molar-refractivity contribution in [2.24, 2.45) is 5.92 Å². The molecule has 2 fully saturated rings. The number of hydrogen-bond donors (Lipinski definition) is 0. The van der Waals surface area contributed by atoms with Crippen LogP contribution in [0, 0.1) is 5.92 Å². The summed E-state index contributed by atoms with van der Waals surface area (Å²) in [6.45, 7) is 4.30. The fourth-order valence-electron chi connectivity index (χ4n) is 3.73. The average Bonchev–Trinajstić information content (AvgIpc) is 2.46. The van der Waals surface area contributed by atoms with Crippen LogP contribution in [0.4, 0.5) is 0 Å². The minimum absolute atomic E-state index is 0.0837. The van der Waals surface area contributed by atoms with E-state index < -0.39 is 10.8 Å². The van der Waals surface area contributed by atoms with Gasteiger partial charge in [-0.05, 0) is 43.2 Å². The van der Waals surface area contributed by atoms with Crippen molar-refractivity contribution in [3.63, 3.8) is 0 Å². The molecule has 0 aliphatic carbocycles. The van der Waals surface area contributed by atoms with Gasteiger partial charge in [-0.1, -0.05) is 38.5 Å². The summed E-state index contributed by atoms with van der Waals surface area (Å²) in [5.74, 6) is 0.794. The first-order valence-corrected chi connectivity index (χ1v) is 9.37. The summed E-state index contributed by atoms with van der Waals surface area (Å²) in [7, 11) is -0.694. The van der Waals surface area contributed by atoms with E-state index in [-0.39, 0.29) is 22.2 Å². The molecule has 0 amide bonds. The van der Waals surface area contributed by atoms with Gasteiger partial charge in [-0.25, -0.2) is 0 Å². The molecule has 2 saturated heterocycles. The zero-order chi connectivity index (χ0) is 15.0. The van der Waals surface area contributed by atoms with E-state index in [1.165, 1.54) is 12.0 Å². The second-order valence-corrected chi connectivity index (χ2v) is 8.81. The van der Waals surface area contributed by atoms with Crippen molar-refractivity contribution in [1.29, 1.82) is 0 Å². The van der Waals surface area contributed by atoms with E-state index in [2.05, 4.69) is 19.9 Å². The number of Topliss-reactive ketones (excluding diaryl/α,β-unsaturated/α-hetero) is 1. The van der Waals surface area contributed by atoms with Gasteiger partial charge < -0.3 is 0 Å². The molecule has 21 heavy (non-hydrogen) atoms. The Morgan fingerprint density at radius 3 is 2.48 bits per heavy atom. The van der Waals surface area contributed by atoms with Crippen LogP contribution < -0.4 is 0 Å². The van der Waals surface area contributed by atoms with Crippen LogP contribution in [0.5, 0.6) is 0 Å². The Kier molecular flexibility index (Phi) is 4.30. The summed E-state index contributed by atoms with van der Waals surface area (Å²) < 4.78 is 12.3. The smallest absolute Gasteiger partial charge is 0.166 e. The summed E-state index contributed by atoms with van der Waals surface area (Å²) in [5.41, 5.74) is 2.07. The molecular formula is C18H24O2S. The minimum atomic E-state index is -0.694. The quantitative estimate of drug-likeness (QED) is 0.789. The molecule has 2 aliphatic heterocycles. The van der Waals surface area contributed by atoms with E-state index in [0.717, 1.165) is 31.2 Å². The minimum Gasteiger partial charge on any atom is -0.294 e. The van der Waals surface area contributed by atoms with Crippen molar-refractivity contribution in [1.82, 2.24) is 0 Å². The normalized spacial score (nSPS) is 32.1. The Hall–Kier alpha value is -0.960. The van der Waals surface area contributed by atoms with Gasteiger partial charge in [0.05, 0.1) is 0 Å². The Morgan fingerprint density at radius 2 is 1.86 bits per heavy atom. The summed E-state index contributed by atoms with van der Waals surface area (Å²) in [4.78, 5) is 12.8. The molecule has 2 atom stereocenters. The van der Waals surface area contributed by atoms with Gasteiger partial charge in [0.25, 0.3) is 0 Å². The Bertz CT molecular complexity index is 548. The fourth-order valence-corrected chi connectivity index (χ4v) is 5.92. The van der Waals surface area contributed by atoms with Gasteiger partial charge in [-0.15, -0.1) is 0 Å². The lowest BCUT2D eigenvalue weighted by atomic mass is 9.84. The SMILES string of the molecule is CC(C)c1cccc(C(=O)C2CC3CCCC(C2)S3=O)c1. The number of fused-ring (bicyclic) bond motifs is 2. The standard InChI is InChI=1S/C18H24O2S/c1-12(2)13-5-3-6-14(9-13)18(19)15-10-16-7-4-8-17(11-15)21(16)20/h3,5-6,9,12,15-17H,4,7-8,10-11H2,1-2H3. The van der Waals surface area contributed by atoms with Crippen LogP contribution in [0.25, 0.3) is 0 Å². The molecule has 1 aromatic rings. The van der Waals surface area contributed by atoms with Gasteiger partial charge in [-0.3, -0.25) is 9.00 Å². The molecule has 2 nitrogen and oxygen atoms in total. The second-order valence-electron chi connectivity index (χ2n) is 6.82. The van der Waals surface area contributed by atoms with Gasteiger partial charge in [-0.2, -0.15) is 0 Å². The predicted molar refractivity (Wildman–Crippen MR) is 87.2 cm³/mol. The molecule has 0 aromatic heterocycles. The van der Waals surface area contributed by atoms with E-state index >= 15 is 0 Å². The topological polar surface area (TPSA) is 34.1 Å². The largest absolute Gasteiger partial charge is 0.294 e. The number of ketones is 1. The third-order valence-electron chi connectivity index (χ3n) is 5.01. The van der Waals surface area contributed by atoms with Gasteiger partial charge in [0.2, 0.25) is 0 Å². The molecule has 2 unspecified atom stereocenters. The lowest BCUT2D eigenvalue weighted by molar-refractivity contribution is 0.0895. The maximum absolute atomic E-state index is 12.8. The number of rotatable bonds is 3. The highest BCUT2D eigenvalue weighted by Crippen LogP contribution is 2.38. The van der Waals surface area contributed by atoms with Crippen LogP contribution in [0.1, 0.15) is 67.8 Å². The highest BCUT2D eigenvalue weighted by molar-refractivity contribution is 7.86. The Labute approximate surface area is 129 Å².